The van der Waals surface area contributed by atoms with Crippen LogP contribution in [0.3, 0.4) is 0 Å². The summed E-state index contributed by atoms with van der Waals surface area (Å²) in [6.45, 7) is 1.79. The molecule has 0 aliphatic rings. The maximum Gasteiger partial charge on any atom is 0.325 e. The van der Waals surface area contributed by atoms with Crippen molar-refractivity contribution in [2.75, 3.05) is 5.73 Å². The van der Waals surface area contributed by atoms with Gasteiger partial charge in [0.25, 0.3) is 0 Å². The molecule has 70 valence electrons. The molecule has 13 heavy (non-hydrogen) atoms. The van der Waals surface area contributed by atoms with Gasteiger partial charge in [0, 0.05) is 5.69 Å². The Bertz CT molecular complexity index is 336. The Balaban J connectivity index is 3.08. The first-order valence-electron chi connectivity index (χ1n) is 3.87. The minimum absolute atomic E-state index is 0.599. The topological polar surface area (TPSA) is 89.3 Å². The summed E-state index contributed by atoms with van der Waals surface area (Å²) in [5.74, 6) is -1.03. The molecule has 0 heterocycles. The third-order valence-electron chi connectivity index (χ3n) is 1.89. The number of hydrogen-bond donors (Lipinski definition) is 3. The van der Waals surface area contributed by atoms with E-state index in [-0.39, 0.29) is 0 Å². The van der Waals surface area contributed by atoms with Gasteiger partial charge in [0.05, 0.1) is 0 Å². The number of hydrogen-bond acceptors (Lipinski definition) is 3. The summed E-state index contributed by atoms with van der Waals surface area (Å²) < 4.78 is 0. The van der Waals surface area contributed by atoms with Gasteiger partial charge >= 0.3 is 5.97 Å². The van der Waals surface area contributed by atoms with Crippen molar-refractivity contribution >= 4 is 11.7 Å². The molecule has 1 atom stereocenters. The highest BCUT2D eigenvalue weighted by atomic mass is 16.4. The molecule has 0 bridgehead atoms. The zero-order valence-corrected chi connectivity index (χ0v) is 7.32. The van der Waals surface area contributed by atoms with Crippen molar-refractivity contribution in [3.8, 4) is 0 Å². The number of anilines is 1. The average Bonchev–Trinajstić information content (AvgIpc) is 2.03. The number of carbonyl (C=O) groups is 1. The van der Waals surface area contributed by atoms with Gasteiger partial charge in [-0.15, -0.1) is 0 Å². The molecular formula is C9H12N2O2. The van der Waals surface area contributed by atoms with Crippen molar-refractivity contribution in [2.24, 2.45) is 5.73 Å². The molecule has 0 aromatic heterocycles. The molecule has 0 spiro atoms. The monoisotopic (exact) mass is 180 g/mol. The van der Waals surface area contributed by atoms with Crippen LogP contribution in [-0.2, 0) is 4.79 Å². The van der Waals surface area contributed by atoms with Crippen LogP contribution in [0.25, 0.3) is 0 Å². The minimum atomic E-state index is -1.03. The van der Waals surface area contributed by atoms with Crippen molar-refractivity contribution < 1.29 is 9.90 Å². The first kappa shape index (κ1) is 9.54. The third kappa shape index (κ3) is 1.97. The summed E-state index contributed by atoms with van der Waals surface area (Å²) in [4.78, 5) is 10.6. The Morgan fingerprint density at radius 3 is 2.62 bits per heavy atom. The van der Waals surface area contributed by atoms with Crippen LogP contribution in [-0.4, -0.2) is 11.1 Å². The number of benzene rings is 1. The van der Waals surface area contributed by atoms with E-state index in [9.17, 15) is 4.79 Å². The standard InChI is InChI=1S/C9H12N2O2/c1-5-4-6(10)2-3-7(5)8(11)9(12)13/h2-4,8H,10-11H2,1H3,(H,12,13). The summed E-state index contributed by atoms with van der Waals surface area (Å²) in [5, 5.41) is 8.67. The highest BCUT2D eigenvalue weighted by Crippen LogP contribution is 2.18. The van der Waals surface area contributed by atoms with Crippen molar-refractivity contribution in [1.82, 2.24) is 0 Å². The molecule has 0 radical (unpaired) electrons. The lowest BCUT2D eigenvalue weighted by Gasteiger charge is -2.10. The number of nitrogens with two attached hydrogens (primary N) is 2. The Hall–Kier alpha value is -1.55. The van der Waals surface area contributed by atoms with Gasteiger partial charge < -0.3 is 16.6 Å². The van der Waals surface area contributed by atoms with E-state index in [1.54, 1.807) is 25.1 Å². The summed E-state index contributed by atoms with van der Waals surface area (Å²) in [6, 6.07) is 4.02. The number of rotatable bonds is 2. The molecule has 4 nitrogen and oxygen atoms in total. The maximum absolute atomic E-state index is 10.6. The van der Waals surface area contributed by atoms with Gasteiger partial charge in [-0.1, -0.05) is 6.07 Å². The van der Waals surface area contributed by atoms with E-state index in [0.717, 1.165) is 5.56 Å². The van der Waals surface area contributed by atoms with Gasteiger partial charge in [-0.05, 0) is 30.2 Å². The molecule has 0 aliphatic carbocycles. The quantitative estimate of drug-likeness (QED) is 0.583. The molecule has 0 aliphatic heterocycles. The smallest absolute Gasteiger partial charge is 0.325 e. The first-order valence-corrected chi connectivity index (χ1v) is 3.87. The zero-order valence-electron chi connectivity index (χ0n) is 7.32. The SMILES string of the molecule is Cc1cc(N)ccc1C(N)C(=O)O. The highest BCUT2D eigenvalue weighted by molar-refractivity contribution is 5.76. The Labute approximate surface area is 76.2 Å². The molecule has 1 unspecified atom stereocenters. The van der Waals surface area contributed by atoms with Crippen LogP contribution in [0.4, 0.5) is 5.69 Å². The normalized spacial score (nSPS) is 12.5. The van der Waals surface area contributed by atoms with Crippen LogP contribution >= 0.6 is 0 Å². The van der Waals surface area contributed by atoms with Crippen molar-refractivity contribution in [3.05, 3.63) is 29.3 Å². The lowest BCUT2D eigenvalue weighted by molar-refractivity contribution is -0.138. The highest BCUT2D eigenvalue weighted by Gasteiger charge is 2.15. The second-order valence-electron chi connectivity index (χ2n) is 2.93. The van der Waals surface area contributed by atoms with Gasteiger partial charge in [0.1, 0.15) is 6.04 Å². The number of aliphatic carboxylic acids is 1. The fourth-order valence-electron chi connectivity index (χ4n) is 1.18. The lowest BCUT2D eigenvalue weighted by atomic mass is 10.0. The van der Waals surface area contributed by atoms with E-state index in [0.29, 0.717) is 11.3 Å². The number of nitrogen functional groups attached to an aromatic ring is 1. The van der Waals surface area contributed by atoms with Crippen LogP contribution in [0, 0.1) is 6.92 Å². The van der Waals surface area contributed by atoms with E-state index in [4.69, 9.17) is 16.6 Å². The fourth-order valence-corrected chi connectivity index (χ4v) is 1.18. The number of aryl methyl sites for hydroxylation is 1. The molecule has 0 saturated heterocycles. The van der Waals surface area contributed by atoms with E-state index >= 15 is 0 Å². The third-order valence-corrected chi connectivity index (χ3v) is 1.89. The van der Waals surface area contributed by atoms with Gasteiger partial charge in [0.15, 0.2) is 0 Å². The van der Waals surface area contributed by atoms with E-state index in [2.05, 4.69) is 0 Å². The predicted molar refractivity (Wildman–Crippen MR) is 50.2 cm³/mol. The maximum atomic E-state index is 10.6. The van der Waals surface area contributed by atoms with Gasteiger partial charge in [-0.3, -0.25) is 4.79 Å². The van der Waals surface area contributed by atoms with E-state index in [1.807, 2.05) is 0 Å². The van der Waals surface area contributed by atoms with Crippen LogP contribution in [0.1, 0.15) is 17.2 Å². The lowest BCUT2D eigenvalue weighted by Crippen LogP contribution is -2.21. The predicted octanol–water partition coefficient (Wildman–Crippen LogP) is 0.662. The molecule has 1 rings (SSSR count). The fraction of sp³-hybridized carbons (Fsp3) is 0.222. The second-order valence-corrected chi connectivity index (χ2v) is 2.93. The first-order chi connectivity index (χ1) is 6.02. The van der Waals surface area contributed by atoms with Crippen LogP contribution in [0.2, 0.25) is 0 Å². The Morgan fingerprint density at radius 1 is 1.54 bits per heavy atom. The summed E-state index contributed by atoms with van der Waals surface area (Å²) >= 11 is 0. The molecule has 0 fully saturated rings. The van der Waals surface area contributed by atoms with Crippen molar-refractivity contribution in [1.29, 1.82) is 0 Å². The van der Waals surface area contributed by atoms with Gasteiger partial charge in [-0.25, -0.2) is 0 Å². The summed E-state index contributed by atoms with van der Waals surface area (Å²) in [5.41, 5.74) is 13.0. The van der Waals surface area contributed by atoms with Crippen LogP contribution < -0.4 is 11.5 Å². The summed E-state index contributed by atoms with van der Waals surface area (Å²) in [6.07, 6.45) is 0. The molecule has 1 aromatic rings. The summed E-state index contributed by atoms with van der Waals surface area (Å²) in [7, 11) is 0. The molecule has 0 amide bonds. The molecule has 0 saturated carbocycles. The van der Waals surface area contributed by atoms with Gasteiger partial charge in [-0.2, -0.15) is 0 Å². The molecule has 4 heteroatoms. The number of carboxylic acids is 1. The molecule has 5 N–H and O–H groups in total. The molecule has 1 aromatic carbocycles. The minimum Gasteiger partial charge on any atom is -0.480 e. The Morgan fingerprint density at radius 2 is 2.15 bits per heavy atom. The van der Waals surface area contributed by atoms with Gasteiger partial charge in [0.2, 0.25) is 0 Å². The van der Waals surface area contributed by atoms with Crippen molar-refractivity contribution in [3.63, 3.8) is 0 Å². The largest absolute Gasteiger partial charge is 0.480 e. The van der Waals surface area contributed by atoms with E-state index < -0.39 is 12.0 Å². The molecular weight excluding hydrogens is 168 g/mol. The van der Waals surface area contributed by atoms with Crippen LogP contribution in [0.5, 0.6) is 0 Å². The zero-order chi connectivity index (χ0) is 10.0. The average molecular weight is 180 g/mol. The van der Waals surface area contributed by atoms with Crippen molar-refractivity contribution in [2.45, 2.75) is 13.0 Å². The van der Waals surface area contributed by atoms with E-state index in [1.165, 1.54) is 0 Å². The van der Waals surface area contributed by atoms with Crippen LogP contribution in [0.15, 0.2) is 18.2 Å². The Kier molecular flexibility index (Phi) is 2.53. The number of carboxylic acid groups (broad SMARTS) is 1. The second kappa shape index (κ2) is 3.45.